The smallest absolute Gasteiger partial charge is 0.203 e. The molecule has 1 N–H and O–H groups in total. The van der Waals surface area contributed by atoms with Gasteiger partial charge in [-0.2, -0.15) is 5.10 Å². The summed E-state index contributed by atoms with van der Waals surface area (Å²) in [4.78, 5) is 0. The zero-order chi connectivity index (χ0) is 12.0. The molecule has 0 bridgehead atoms. The van der Waals surface area contributed by atoms with Crippen molar-refractivity contribution < 1.29 is 14.2 Å². The van der Waals surface area contributed by atoms with Gasteiger partial charge in [-0.05, 0) is 17.7 Å². The van der Waals surface area contributed by atoms with Gasteiger partial charge in [-0.15, -0.1) is 0 Å². The summed E-state index contributed by atoms with van der Waals surface area (Å²) in [5.41, 5.74) is 3.74. The molecule has 5 heteroatoms. The van der Waals surface area contributed by atoms with E-state index in [0.29, 0.717) is 23.8 Å². The number of methoxy groups -OCH3 is 3. The molecular weight excluding hydrogens is 208 g/mol. The Kier molecular flexibility index (Phi) is 4.44. The number of hydrogen-bond acceptors (Lipinski definition) is 5. The molecule has 0 heterocycles. The molecule has 1 aromatic carbocycles. The Morgan fingerprint density at radius 3 is 2.06 bits per heavy atom. The summed E-state index contributed by atoms with van der Waals surface area (Å²) in [6.07, 6.45) is 0. The third-order valence-electron chi connectivity index (χ3n) is 2.12. The van der Waals surface area contributed by atoms with Gasteiger partial charge in [0.2, 0.25) is 5.75 Å². The van der Waals surface area contributed by atoms with E-state index < -0.39 is 0 Å². The van der Waals surface area contributed by atoms with Crippen LogP contribution in [0.2, 0.25) is 0 Å². The number of hydrogen-bond donors (Lipinski definition) is 1. The van der Waals surface area contributed by atoms with Crippen molar-refractivity contribution >= 4 is 6.72 Å². The molecule has 16 heavy (non-hydrogen) atoms. The van der Waals surface area contributed by atoms with E-state index in [-0.39, 0.29) is 0 Å². The third-order valence-corrected chi connectivity index (χ3v) is 2.12. The number of hydrazone groups is 1. The molecule has 0 saturated carbocycles. The maximum absolute atomic E-state index is 5.22. The van der Waals surface area contributed by atoms with Gasteiger partial charge >= 0.3 is 0 Å². The van der Waals surface area contributed by atoms with Crippen molar-refractivity contribution in [2.24, 2.45) is 5.10 Å². The maximum Gasteiger partial charge on any atom is 0.203 e. The predicted octanol–water partition coefficient (Wildman–Crippen LogP) is 1.42. The molecule has 88 valence electrons. The van der Waals surface area contributed by atoms with E-state index in [9.17, 15) is 0 Å². The highest BCUT2D eigenvalue weighted by Crippen LogP contribution is 2.38. The molecule has 0 aliphatic rings. The van der Waals surface area contributed by atoms with Gasteiger partial charge in [0, 0.05) is 6.72 Å². The van der Waals surface area contributed by atoms with E-state index in [2.05, 4.69) is 17.2 Å². The minimum Gasteiger partial charge on any atom is -0.493 e. The summed E-state index contributed by atoms with van der Waals surface area (Å²) in [7, 11) is 4.74. The fourth-order valence-electron chi connectivity index (χ4n) is 1.38. The third kappa shape index (κ3) is 2.56. The minimum absolute atomic E-state index is 0.556. The maximum atomic E-state index is 5.22. The second-order valence-corrected chi connectivity index (χ2v) is 3.03. The fourth-order valence-corrected chi connectivity index (χ4v) is 1.38. The summed E-state index contributed by atoms with van der Waals surface area (Å²) < 4.78 is 15.7. The highest BCUT2D eigenvalue weighted by Gasteiger charge is 2.12. The van der Waals surface area contributed by atoms with Crippen LogP contribution in [0.25, 0.3) is 0 Å². The lowest BCUT2D eigenvalue weighted by atomic mass is 10.2. The van der Waals surface area contributed by atoms with Crippen LogP contribution in [0.4, 0.5) is 0 Å². The predicted molar refractivity (Wildman–Crippen MR) is 62.5 cm³/mol. The van der Waals surface area contributed by atoms with Crippen molar-refractivity contribution in [3.05, 3.63) is 17.7 Å². The van der Waals surface area contributed by atoms with E-state index in [0.717, 1.165) is 5.56 Å². The summed E-state index contributed by atoms with van der Waals surface area (Å²) in [6.45, 7) is 3.90. The van der Waals surface area contributed by atoms with E-state index in [1.165, 1.54) is 0 Å². The molecule has 0 spiro atoms. The zero-order valence-corrected chi connectivity index (χ0v) is 9.74. The summed E-state index contributed by atoms with van der Waals surface area (Å²) >= 11 is 0. The standard InChI is InChI=1S/C11H16N2O3/c1-12-13-7-8-5-9(14-2)11(16-4)10(6-8)15-3/h5-6,13H,1,7H2,2-4H3. The van der Waals surface area contributed by atoms with Gasteiger partial charge in [-0.1, -0.05) is 0 Å². The van der Waals surface area contributed by atoms with Crippen LogP contribution < -0.4 is 19.6 Å². The Labute approximate surface area is 95.0 Å². The molecule has 0 radical (unpaired) electrons. The van der Waals surface area contributed by atoms with Crippen LogP contribution in [0.1, 0.15) is 5.56 Å². The van der Waals surface area contributed by atoms with Crippen molar-refractivity contribution in [3.63, 3.8) is 0 Å². The first-order chi connectivity index (χ1) is 7.76. The van der Waals surface area contributed by atoms with Crippen LogP contribution in [0, 0.1) is 0 Å². The van der Waals surface area contributed by atoms with Crippen LogP contribution in [0.5, 0.6) is 17.2 Å². The molecule has 0 aliphatic carbocycles. The Balaban J connectivity index is 3.09. The first-order valence-electron chi connectivity index (χ1n) is 4.74. The van der Waals surface area contributed by atoms with Gasteiger partial charge in [-0.25, -0.2) is 0 Å². The van der Waals surface area contributed by atoms with Gasteiger partial charge in [-0.3, -0.25) is 0 Å². The molecule has 5 nitrogen and oxygen atoms in total. The van der Waals surface area contributed by atoms with E-state index in [1.54, 1.807) is 21.3 Å². The Bertz CT molecular complexity index is 341. The Morgan fingerprint density at radius 1 is 1.12 bits per heavy atom. The lowest BCUT2D eigenvalue weighted by Crippen LogP contribution is -2.05. The number of nitrogens with one attached hydrogen (secondary N) is 1. The average Bonchev–Trinajstić information content (AvgIpc) is 2.34. The Hall–Kier alpha value is -1.91. The van der Waals surface area contributed by atoms with E-state index in [4.69, 9.17) is 14.2 Å². The fraction of sp³-hybridized carbons (Fsp3) is 0.364. The molecule has 0 amide bonds. The van der Waals surface area contributed by atoms with Gasteiger partial charge in [0.15, 0.2) is 11.5 Å². The SMILES string of the molecule is C=NNCc1cc(OC)c(OC)c(OC)c1. The molecule has 0 saturated heterocycles. The van der Waals surface area contributed by atoms with Crippen LogP contribution in [0.3, 0.4) is 0 Å². The number of rotatable bonds is 6. The lowest BCUT2D eigenvalue weighted by molar-refractivity contribution is 0.323. The van der Waals surface area contributed by atoms with Crippen molar-refractivity contribution in [1.82, 2.24) is 5.43 Å². The second kappa shape index (κ2) is 5.85. The molecule has 0 aliphatic heterocycles. The minimum atomic E-state index is 0.556. The molecule has 0 fully saturated rings. The average molecular weight is 224 g/mol. The molecule has 0 aromatic heterocycles. The Morgan fingerprint density at radius 2 is 1.69 bits per heavy atom. The highest BCUT2D eigenvalue weighted by molar-refractivity contribution is 5.53. The van der Waals surface area contributed by atoms with Gasteiger partial charge < -0.3 is 19.6 Å². The van der Waals surface area contributed by atoms with Crippen LogP contribution >= 0.6 is 0 Å². The van der Waals surface area contributed by atoms with Crippen LogP contribution in [-0.2, 0) is 6.54 Å². The lowest BCUT2D eigenvalue weighted by Gasteiger charge is -2.13. The van der Waals surface area contributed by atoms with Crippen molar-refractivity contribution in [2.75, 3.05) is 21.3 Å². The molecule has 0 atom stereocenters. The highest BCUT2D eigenvalue weighted by atomic mass is 16.5. The van der Waals surface area contributed by atoms with Gasteiger partial charge in [0.1, 0.15) is 0 Å². The van der Waals surface area contributed by atoms with Crippen LogP contribution in [-0.4, -0.2) is 28.0 Å². The number of ether oxygens (including phenoxy) is 3. The first-order valence-corrected chi connectivity index (χ1v) is 4.74. The topological polar surface area (TPSA) is 52.1 Å². The summed E-state index contributed by atoms with van der Waals surface area (Å²) in [5.74, 6) is 1.84. The van der Waals surface area contributed by atoms with Crippen molar-refractivity contribution in [1.29, 1.82) is 0 Å². The number of nitrogens with zero attached hydrogens (tertiary/aromatic N) is 1. The van der Waals surface area contributed by atoms with Crippen LogP contribution in [0.15, 0.2) is 17.2 Å². The van der Waals surface area contributed by atoms with Crippen molar-refractivity contribution in [3.8, 4) is 17.2 Å². The quantitative estimate of drug-likeness (QED) is 0.586. The molecule has 1 aromatic rings. The number of benzene rings is 1. The first kappa shape index (κ1) is 12.2. The monoisotopic (exact) mass is 224 g/mol. The van der Waals surface area contributed by atoms with Crippen molar-refractivity contribution in [2.45, 2.75) is 6.54 Å². The zero-order valence-electron chi connectivity index (χ0n) is 9.74. The summed E-state index contributed by atoms with van der Waals surface area (Å²) in [5, 5.41) is 3.57. The van der Waals surface area contributed by atoms with E-state index >= 15 is 0 Å². The normalized spacial score (nSPS) is 9.44. The summed E-state index contributed by atoms with van der Waals surface area (Å²) in [6, 6.07) is 3.72. The largest absolute Gasteiger partial charge is 0.493 e. The van der Waals surface area contributed by atoms with Gasteiger partial charge in [0.05, 0.1) is 27.9 Å². The van der Waals surface area contributed by atoms with E-state index in [1.807, 2.05) is 12.1 Å². The molecule has 0 unspecified atom stereocenters. The van der Waals surface area contributed by atoms with Gasteiger partial charge in [0.25, 0.3) is 0 Å². The second-order valence-electron chi connectivity index (χ2n) is 3.03. The molecule has 1 rings (SSSR count). The molecular formula is C11H16N2O3.